The van der Waals surface area contributed by atoms with E-state index in [4.69, 9.17) is 0 Å². The van der Waals surface area contributed by atoms with Gasteiger partial charge in [0.25, 0.3) is 6.71 Å². The van der Waals surface area contributed by atoms with Crippen molar-refractivity contribution in [2.75, 3.05) is 9.80 Å². The van der Waals surface area contributed by atoms with Gasteiger partial charge in [-0.25, -0.2) is 0 Å². The van der Waals surface area contributed by atoms with Gasteiger partial charge >= 0.3 is 0 Å². The van der Waals surface area contributed by atoms with Crippen LogP contribution in [0.1, 0.15) is 52.7 Å². The first kappa shape index (κ1) is 72.1. The Morgan fingerprint density at radius 1 is 0.191 bits per heavy atom. The van der Waals surface area contributed by atoms with Crippen molar-refractivity contribution in [1.82, 2.24) is 0 Å². The van der Waals surface area contributed by atoms with Gasteiger partial charge in [-0.1, -0.05) is 430 Å². The van der Waals surface area contributed by atoms with Crippen LogP contribution < -0.4 is 67.7 Å². The second-order valence-corrected chi connectivity index (χ2v) is 40.7. The van der Waals surface area contributed by atoms with Gasteiger partial charge in [0, 0.05) is 33.9 Å². The van der Waals surface area contributed by atoms with E-state index in [1.165, 1.54) is 114 Å². The van der Waals surface area contributed by atoms with E-state index in [2.05, 4.69) is 482 Å². The normalized spacial score (nSPS) is 12.6. The van der Waals surface area contributed by atoms with E-state index < -0.39 is 16.1 Å². The molecule has 115 heavy (non-hydrogen) atoms. The van der Waals surface area contributed by atoms with E-state index in [0.29, 0.717) is 0 Å². The molecule has 2 heterocycles. The lowest BCUT2D eigenvalue weighted by Gasteiger charge is -2.45. The Kier molecular flexibility index (Phi) is 18.6. The van der Waals surface area contributed by atoms with Crippen LogP contribution >= 0.6 is 0 Å². The molecule has 2 aliphatic heterocycles. The highest BCUT2D eigenvalue weighted by Crippen LogP contribution is 2.50. The first-order valence-corrected chi connectivity index (χ1v) is 44.5. The van der Waals surface area contributed by atoms with Gasteiger partial charge in [0.1, 0.15) is 0 Å². The Bertz CT molecular complexity index is 6150. The van der Waals surface area contributed by atoms with Crippen molar-refractivity contribution in [2.24, 2.45) is 0 Å². The zero-order chi connectivity index (χ0) is 77.8. The van der Waals surface area contributed by atoms with Crippen LogP contribution in [0.15, 0.2) is 431 Å². The molecule has 0 atom stereocenters. The van der Waals surface area contributed by atoms with Crippen LogP contribution in [0.5, 0.6) is 0 Å². The Hall–Kier alpha value is -13.2. The number of para-hydroxylation sites is 1. The van der Waals surface area contributed by atoms with Gasteiger partial charge in [0.2, 0.25) is 0 Å². The summed E-state index contributed by atoms with van der Waals surface area (Å²) >= 11 is 0. The van der Waals surface area contributed by atoms with Crippen LogP contribution in [-0.4, -0.2) is 22.9 Å². The molecule has 2 aliphatic rings. The highest BCUT2D eigenvalue weighted by Gasteiger charge is 2.48. The monoisotopic (exact) mass is 1500 g/mol. The molecule has 0 saturated carbocycles. The fourth-order valence-electron chi connectivity index (χ4n) is 18.7. The minimum Gasteiger partial charge on any atom is -0.311 e. The summed E-state index contributed by atoms with van der Waals surface area (Å²) < 4.78 is 0. The smallest absolute Gasteiger partial charge is 0.252 e. The van der Waals surface area contributed by atoms with Gasteiger partial charge in [0.05, 0.1) is 11.4 Å². The Balaban J connectivity index is 0.941. The standard InChI is InChI=1S/C110H89BN2Si2/c1-109(2,3)88-48-33-45-82(69-88)85-64-67-104-101(74-85)111-100-66-63-86(75-107(100)113(102-60-32-31-59-98(102)80-41-19-9-20-42-80)106-62-36-61-105(108(106)111)112(104)103-68-65-89(110(4,5)6)76-99(103)81-43-21-10-22-44-81)87-72-96(114(90-49-23-11-24-50-90,91-51-25-12-26-52-91)94-57-34-46-83(70-94)78-37-15-7-16-38-78)77-97(73-87)115(92-53-27-13-28-54-92,93-55-29-14-30-56-93)95-58-35-47-84(71-95)79-39-17-8-18-40-79/h7-77H,1-6H3. The van der Waals surface area contributed by atoms with Gasteiger partial charge < -0.3 is 9.80 Å². The molecule has 0 aromatic heterocycles. The number of nitrogens with zero attached hydrogens (tertiary/aromatic N) is 2. The number of hydrogen-bond acceptors (Lipinski definition) is 2. The average Bonchev–Trinajstić information content (AvgIpc) is 0.696. The number of fused-ring (bicyclic) bond motifs is 4. The van der Waals surface area contributed by atoms with Crippen molar-refractivity contribution >= 4 is 115 Å². The van der Waals surface area contributed by atoms with Crippen LogP contribution in [0.4, 0.5) is 34.1 Å². The molecule has 0 fully saturated rings. The summed E-state index contributed by atoms with van der Waals surface area (Å²) in [6.45, 7) is 13.7. The van der Waals surface area contributed by atoms with E-state index in [9.17, 15) is 0 Å². The SMILES string of the molecule is CC(C)(C)c1cccc(-c2ccc3c(c2)B2c4ccc(-c5cc([Si](c6ccccc6)(c6ccccc6)c6cccc(-c7ccccc7)c6)cc([Si](c6ccccc6)(c6ccccc6)c6cccc(-c7ccccc7)c6)c5)cc4N(c4ccccc4-c4ccccc4)c4cccc(c42)N3c2ccc(C(C)(C)C)cc2-c2ccccc2)c1. The third-order valence-corrected chi connectivity index (χ3v) is 33.7. The van der Waals surface area contributed by atoms with Crippen LogP contribution in [0, 0.1) is 0 Å². The third-order valence-electron chi connectivity index (χ3n) is 24.2. The van der Waals surface area contributed by atoms with E-state index in [1.54, 1.807) is 0 Å². The number of hydrogen-bond donors (Lipinski definition) is 0. The van der Waals surface area contributed by atoms with Crippen molar-refractivity contribution in [3.8, 4) is 66.8 Å². The van der Waals surface area contributed by atoms with Gasteiger partial charge in [0.15, 0.2) is 16.1 Å². The first-order chi connectivity index (χ1) is 56.3. The molecule has 2 nitrogen and oxygen atoms in total. The van der Waals surface area contributed by atoms with Crippen molar-refractivity contribution in [3.63, 3.8) is 0 Å². The first-order valence-electron chi connectivity index (χ1n) is 40.5. The lowest BCUT2D eigenvalue weighted by molar-refractivity contribution is 0.590. The van der Waals surface area contributed by atoms with Crippen molar-refractivity contribution in [1.29, 1.82) is 0 Å². The summed E-state index contributed by atoms with van der Waals surface area (Å²) in [5.74, 6) is 0. The zero-order valence-corrected chi connectivity index (χ0v) is 68.0. The average molecular weight is 1510 g/mol. The summed E-state index contributed by atoms with van der Waals surface area (Å²) in [5.41, 5.74) is 27.1. The van der Waals surface area contributed by atoms with Crippen LogP contribution in [-0.2, 0) is 10.8 Å². The van der Waals surface area contributed by atoms with Crippen molar-refractivity contribution in [2.45, 2.75) is 52.4 Å². The number of benzene rings is 17. The topological polar surface area (TPSA) is 6.48 Å². The predicted molar refractivity (Wildman–Crippen MR) is 498 cm³/mol. The molecule has 0 bridgehead atoms. The molecule has 0 aliphatic carbocycles. The highest BCUT2D eigenvalue weighted by atomic mass is 28.3. The van der Waals surface area contributed by atoms with Gasteiger partial charge in [-0.05, 0) is 178 Å². The number of rotatable bonds is 16. The molecule has 17 aromatic carbocycles. The lowest BCUT2D eigenvalue weighted by Crippen LogP contribution is -2.78. The lowest BCUT2D eigenvalue weighted by atomic mass is 9.33. The van der Waals surface area contributed by atoms with Crippen LogP contribution in [0.3, 0.4) is 0 Å². The maximum absolute atomic E-state index is 3.46. The molecule has 17 aromatic rings. The Morgan fingerprint density at radius 2 is 0.530 bits per heavy atom. The number of anilines is 6. The van der Waals surface area contributed by atoms with Crippen LogP contribution in [0.2, 0.25) is 0 Å². The third kappa shape index (κ3) is 12.9. The molecule has 0 unspecified atom stereocenters. The molecule has 0 saturated heterocycles. The maximum atomic E-state index is 2.71. The molecular weight excluding hydrogens is 1420 g/mol. The van der Waals surface area contributed by atoms with Gasteiger partial charge in [-0.15, -0.1) is 0 Å². The highest BCUT2D eigenvalue weighted by molar-refractivity contribution is 7.22. The maximum Gasteiger partial charge on any atom is 0.252 e. The fraction of sp³-hybridized carbons (Fsp3) is 0.0727. The molecule has 19 rings (SSSR count). The second kappa shape index (κ2) is 29.7. The molecule has 550 valence electrons. The van der Waals surface area contributed by atoms with E-state index in [-0.39, 0.29) is 17.5 Å². The summed E-state index contributed by atoms with van der Waals surface area (Å²) in [6, 6.07) is 165. The molecule has 0 spiro atoms. The molecule has 0 N–H and O–H groups in total. The predicted octanol–water partition coefficient (Wildman–Crippen LogP) is 21.1. The van der Waals surface area contributed by atoms with Crippen molar-refractivity contribution < 1.29 is 0 Å². The minimum atomic E-state index is -3.46. The van der Waals surface area contributed by atoms with Gasteiger partial charge in [-0.2, -0.15) is 0 Å². The molecule has 0 radical (unpaired) electrons. The van der Waals surface area contributed by atoms with E-state index in [1.807, 2.05) is 0 Å². The zero-order valence-electron chi connectivity index (χ0n) is 66.0. The molecular formula is C110H89BN2Si2. The van der Waals surface area contributed by atoms with E-state index >= 15 is 0 Å². The quantitative estimate of drug-likeness (QED) is 0.0703. The molecule has 5 heteroatoms. The largest absolute Gasteiger partial charge is 0.311 e. The summed E-state index contributed by atoms with van der Waals surface area (Å²) in [5, 5.41) is 10.5. The summed E-state index contributed by atoms with van der Waals surface area (Å²) in [7, 11) is -6.92. The summed E-state index contributed by atoms with van der Waals surface area (Å²) in [6.07, 6.45) is 0. The van der Waals surface area contributed by atoms with Crippen molar-refractivity contribution in [3.05, 3.63) is 442 Å². The Labute approximate surface area is 680 Å². The van der Waals surface area contributed by atoms with E-state index in [0.717, 1.165) is 56.4 Å². The second-order valence-electron chi connectivity index (χ2n) is 33.1. The molecule has 0 amide bonds. The van der Waals surface area contributed by atoms with Gasteiger partial charge in [-0.3, -0.25) is 0 Å². The van der Waals surface area contributed by atoms with Crippen LogP contribution in [0.25, 0.3) is 66.8 Å². The Morgan fingerprint density at radius 3 is 1.03 bits per heavy atom. The summed E-state index contributed by atoms with van der Waals surface area (Å²) in [4.78, 5) is 5.25. The fourth-order valence-corrected chi connectivity index (χ4v) is 28.5. The minimum absolute atomic E-state index is 0.0534.